The monoisotopic (exact) mass is 378 g/mol. The fourth-order valence-electron chi connectivity index (χ4n) is 2.46. The minimum absolute atomic E-state index is 0.0581. The zero-order chi connectivity index (χ0) is 16.5. The van der Waals surface area contributed by atoms with Gasteiger partial charge in [0.2, 0.25) is 0 Å². The van der Waals surface area contributed by atoms with E-state index < -0.39 is 42.2 Å². The number of primary amides is 1. The minimum atomic E-state index is -2.18. The van der Waals surface area contributed by atoms with Crippen LogP contribution in [0.15, 0.2) is 4.94 Å². The molecule has 1 saturated heterocycles. The van der Waals surface area contributed by atoms with Gasteiger partial charge >= 0.3 is 132 Å². The molecule has 1 aromatic heterocycles. The molecule has 1 aliphatic heterocycles. The van der Waals surface area contributed by atoms with Crippen LogP contribution in [0.3, 0.4) is 0 Å². The first-order chi connectivity index (χ1) is 10.4. The van der Waals surface area contributed by atoms with E-state index in [4.69, 9.17) is 10.5 Å². The van der Waals surface area contributed by atoms with Gasteiger partial charge < -0.3 is 0 Å². The number of aromatic nitrogens is 1. The average molecular weight is 377 g/mol. The van der Waals surface area contributed by atoms with Crippen molar-refractivity contribution in [2.45, 2.75) is 43.7 Å². The van der Waals surface area contributed by atoms with Gasteiger partial charge in [-0.25, -0.2) is 0 Å². The number of Topliss-reactive ketones (excluding diaryl/α,β-unsaturated/α-hetero) is 1. The molecule has 0 aliphatic carbocycles. The van der Waals surface area contributed by atoms with Crippen LogP contribution < -0.4 is 5.73 Å². The molecule has 8 nitrogen and oxygen atoms in total. The second-order valence-corrected chi connectivity index (χ2v) is 6.97. The van der Waals surface area contributed by atoms with E-state index in [1.165, 1.54) is 0 Å². The molecule has 4 atom stereocenters. The molecule has 0 radical (unpaired) electrons. The van der Waals surface area contributed by atoms with Crippen LogP contribution in [0, 0.1) is 0 Å². The zero-order valence-corrected chi connectivity index (χ0v) is 13.6. The van der Waals surface area contributed by atoms with Gasteiger partial charge in [0, 0.05) is 0 Å². The third-order valence-electron chi connectivity index (χ3n) is 3.65. The molecular weight excluding hydrogens is 359 g/mol. The quantitative estimate of drug-likeness (QED) is 0.425. The van der Waals surface area contributed by atoms with Crippen LogP contribution in [0.4, 0.5) is 0 Å². The van der Waals surface area contributed by atoms with E-state index in [-0.39, 0.29) is 26.6 Å². The Morgan fingerprint density at radius 1 is 1.55 bits per heavy atom. The molecule has 0 unspecified atom stereocenters. The standard InChI is InChI=1S/C13H18N2O6Se/c1-2-3-7(17)13(20)8(4-16)21-9(10(13)18)12-15-6(5-22-12)11(14)19/h5,8-10,16,18,20H,2-4H2,1H3,(H2,14,19)/t8-,9-,10+,13-/m1/s1. The van der Waals surface area contributed by atoms with E-state index >= 15 is 0 Å². The molecule has 1 aliphatic rings. The molecule has 5 N–H and O–H groups in total. The van der Waals surface area contributed by atoms with Gasteiger partial charge in [-0.15, -0.1) is 0 Å². The predicted octanol–water partition coefficient (Wildman–Crippen LogP) is -1.87. The molecule has 1 fully saturated rings. The second-order valence-electron chi connectivity index (χ2n) is 5.11. The van der Waals surface area contributed by atoms with Crippen molar-refractivity contribution < 1.29 is 29.6 Å². The van der Waals surface area contributed by atoms with Gasteiger partial charge in [-0.2, -0.15) is 0 Å². The number of hydrogen-bond acceptors (Lipinski definition) is 7. The Hall–Kier alpha value is -1.09. The Kier molecular flexibility index (Phi) is 5.16. The van der Waals surface area contributed by atoms with E-state index in [0.29, 0.717) is 11.0 Å². The molecule has 1 aromatic rings. The van der Waals surface area contributed by atoms with Crippen LogP contribution in [-0.4, -0.2) is 70.9 Å². The number of amides is 1. The number of nitrogens with two attached hydrogens (primary N) is 1. The van der Waals surface area contributed by atoms with Crippen LogP contribution >= 0.6 is 0 Å². The molecule has 0 spiro atoms. The Bertz CT molecular complexity index is 577. The van der Waals surface area contributed by atoms with Crippen molar-refractivity contribution in [3.63, 3.8) is 0 Å². The topological polar surface area (TPSA) is 143 Å². The van der Waals surface area contributed by atoms with E-state index in [9.17, 15) is 24.9 Å². The maximum atomic E-state index is 12.2. The van der Waals surface area contributed by atoms with Gasteiger partial charge in [0.25, 0.3) is 0 Å². The first kappa shape index (κ1) is 17.3. The summed E-state index contributed by atoms with van der Waals surface area (Å²) in [7, 11) is 0. The van der Waals surface area contributed by atoms with Gasteiger partial charge in [0.15, 0.2) is 0 Å². The van der Waals surface area contributed by atoms with Crippen molar-refractivity contribution >= 4 is 26.2 Å². The van der Waals surface area contributed by atoms with Crippen LogP contribution in [0.25, 0.3) is 0 Å². The van der Waals surface area contributed by atoms with Crippen LogP contribution in [-0.2, 0) is 9.53 Å². The normalized spacial score (nSPS) is 31.4. The average Bonchev–Trinajstić information content (AvgIpc) is 3.05. The van der Waals surface area contributed by atoms with E-state index in [0.717, 1.165) is 0 Å². The molecule has 1 amide bonds. The zero-order valence-electron chi connectivity index (χ0n) is 11.9. The third kappa shape index (κ3) is 2.76. The Morgan fingerprint density at radius 2 is 2.23 bits per heavy atom. The van der Waals surface area contributed by atoms with Crippen molar-refractivity contribution in [1.82, 2.24) is 4.98 Å². The third-order valence-corrected chi connectivity index (χ3v) is 5.55. The number of carbonyl (C=O) groups excluding carboxylic acids is 2. The summed E-state index contributed by atoms with van der Waals surface area (Å²) in [5.74, 6) is -1.28. The number of rotatable bonds is 6. The van der Waals surface area contributed by atoms with Crippen LogP contribution in [0.2, 0.25) is 0 Å². The number of hydrogen-bond donors (Lipinski definition) is 4. The molecule has 0 bridgehead atoms. The molecule has 122 valence electrons. The molecular formula is C13H18N2O6Se. The number of ether oxygens (including phenoxy) is 1. The summed E-state index contributed by atoms with van der Waals surface area (Å²) in [6.07, 6.45) is -3.28. The summed E-state index contributed by atoms with van der Waals surface area (Å²) < 4.78 is 5.80. The van der Waals surface area contributed by atoms with Gasteiger partial charge in [-0.3, -0.25) is 0 Å². The van der Waals surface area contributed by atoms with E-state index in [2.05, 4.69) is 4.98 Å². The van der Waals surface area contributed by atoms with E-state index in [1.54, 1.807) is 11.9 Å². The summed E-state index contributed by atoms with van der Waals surface area (Å²) in [6.45, 7) is 1.15. The number of nitrogens with zero attached hydrogens (tertiary/aromatic N) is 1. The van der Waals surface area contributed by atoms with Crippen LogP contribution in [0.1, 0.15) is 40.9 Å². The molecule has 2 rings (SSSR count). The Labute approximate surface area is 132 Å². The first-order valence-electron chi connectivity index (χ1n) is 6.81. The molecule has 0 saturated carbocycles. The molecule has 0 aromatic carbocycles. The van der Waals surface area contributed by atoms with Crippen molar-refractivity contribution in [3.05, 3.63) is 15.2 Å². The number of aliphatic hydroxyl groups is 3. The summed E-state index contributed by atoms with van der Waals surface area (Å²) in [5.41, 5.74) is 3.03. The van der Waals surface area contributed by atoms with Crippen LogP contribution in [0.5, 0.6) is 0 Å². The van der Waals surface area contributed by atoms with E-state index in [1.807, 2.05) is 0 Å². The summed E-state index contributed by atoms with van der Waals surface area (Å²) >= 11 is -0.380. The van der Waals surface area contributed by atoms with Crippen molar-refractivity contribution in [1.29, 1.82) is 0 Å². The first-order valence-corrected chi connectivity index (χ1v) is 8.66. The number of aliphatic hydroxyl groups excluding tert-OH is 2. The Balaban J connectivity index is 2.32. The Morgan fingerprint density at radius 3 is 2.73 bits per heavy atom. The number of ketones is 1. The SMILES string of the molecule is CCCC(=O)[C@@]1(O)[C@@H](CO)O[C@@H](c2nc(C(N)=O)c[se]2)[C@@H]1O. The van der Waals surface area contributed by atoms with Gasteiger partial charge in [-0.1, -0.05) is 0 Å². The second kappa shape index (κ2) is 6.57. The van der Waals surface area contributed by atoms with Crippen molar-refractivity contribution in [2.75, 3.05) is 6.61 Å². The van der Waals surface area contributed by atoms with Gasteiger partial charge in [-0.05, 0) is 0 Å². The summed E-state index contributed by atoms with van der Waals surface area (Å²) in [6, 6.07) is 0. The number of carbonyl (C=O) groups is 2. The predicted molar refractivity (Wildman–Crippen MR) is 75.3 cm³/mol. The summed E-state index contributed by atoms with van der Waals surface area (Å²) in [4.78, 5) is 28.8. The van der Waals surface area contributed by atoms with Crippen molar-refractivity contribution in [2.24, 2.45) is 5.73 Å². The van der Waals surface area contributed by atoms with Crippen molar-refractivity contribution in [3.8, 4) is 0 Å². The maximum absolute atomic E-state index is 12.2. The molecule has 2 heterocycles. The van der Waals surface area contributed by atoms with Gasteiger partial charge in [0.1, 0.15) is 0 Å². The molecule has 22 heavy (non-hydrogen) atoms. The molecule has 9 heteroatoms. The fraction of sp³-hybridized carbons (Fsp3) is 0.615. The fourth-order valence-corrected chi connectivity index (χ4v) is 4.28. The summed E-state index contributed by atoms with van der Waals surface area (Å²) in [5, 5.41) is 30.3. The van der Waals surface area contributed by atoms with Gasteiger partial charge in [0.05, 0.1) is 0 Å².